The van der Waals surface area contributed by atoms with Gasteiger partial charge in [0.15, 0.2) is 0 Å². The summed E-state index contributed by atoms with van der Waals surface area (Å²) in [5.41, 5.74) is 0. The topological polar surface area (TPSA) is 78.5 Å². The number of nitrogens with one attached hydrogen (secondary N) is 2. The molecule has 0 aliphatic carbocycles. The molecule has 2 aliphatic heterocycles. The molecule has 2 unspecified atom stereocenters. The maximum absolute atomic E-state index is 13.0. The van der Waals surface area contributed by atoms with E-state index in [4.69, 9.17) is 0 Å². The molecule has 21 heavy (non-hydrogen) atoms. The van der Waals surface area contributed by atoms with Crippen LogP contribution in [0.15, 0.2) is 0 Å². The van der Waals surface area contributed by atoms with Gasteiger partial charge < -0.3 is 5.32 Å². The number of hydrogen-bond donors (Lipinski definition) is 2. The van der Waals surface area contributed by atoms with Crippen LogP contribution in [0.3, 0.4) is 0 Å². The van der Waals surface area contributed by atoms with Crippen LogP contribution in [0, 0.1) is 5.92 Å². The molecule has 0 bridgehead atoms. The maximum Gasteiger partial charge on any atom is 0.262 e. The van der Waals surface area contributed by atoms with Gasteiger partial charge >= 0.3 is 0 Å². The highest BCUT2D eigenvalue weighted by Gasteiger charge is 2.42. The van der Waals surface area contributed by atoms with Gasteiger partial charge in [0.2, 0.25) is 15.9 Å². The minimum absolute atomic E-state index is 0. The van der Waals surface area contributed by atoms with E-state index in [1.165, 1.54) is 4.31 Å². The lowest BCUT2D eigenvalue weighted by Crippen LogP contribution is -2.42. The van der Waals surface area contributed by atoms with Gasteiger partial charge in [-0.05, 0) is 12.3 Å². The van der Waals surface area contributed by atoms with E-state index in [9.17, 15) is 22.0 Å². The zero-order valence-corrected chi connectivity index (χ0v) is 13.3. The van der Waals surface area contributed by atoms with Gasteiger partial charge in [-0.2, -0.15) is 0 Å². The normalized spacial score (nSPS) is 29.1. The van der Waals surface area contributed by atoms with E-state index < -0.39 is 40.9 Å². The second-order valence-electron chi connectivity index (χ2n) is 5.51. The van der Waals surface area contributed by atoms with Crippen LogP contribution in [-0.4, -0.2) is 63.0 Å². The lowest BCUT2D eigenvalue weighted by Gasteiger charge is -2.15. The van der Waals surface area contributed by atoms with Gasteiger partial charge in [-0.1, -0.05) is 0 Å². The fourth-order valence-corrected chi connectivity index (χ4v) is 3.45. The molecular weight excluding hydrogens is 328 g/mol. The minimum Gasteiger partial charge on any atom is -0.354 e. The summed E-state index contributed by atoms with van der Waals surface area (Å²) in [5.74, 6) is -3.24. The van der Waals surface area contributed by atoms with Gasteiger partial charge in [0.05, 0.1) is 18.8 Å². The SMILES string of the molecule is CS(=O)(=O)N1CCC(CNC(=O)C2CC(F)(F)CN2)C1.Cl. The average molecular weight is 348 g/mol. The molecule has 0 aromatic heterocycles. The minimum atomic E-state index is -3.20. The van der Waals surface area contributed by atoms with Crippen LogP contribution in [0.5, 0.6) is 0 Å². The Balaban J connectivity index is 0.00000220. The van der Waals surface area contributed by atoms with Crippen molar-refractivity contribution in [3.05, 3.63) is 0 Å². The zero-order valence-electron chi connectivity index (χ0n) is 11.6. The first-order chi connectivity index (χ1) is 9.17. The van der Waals surface area contributed by atoms with E-state index in [2.05, 4.69) is 10.6 Å². The molecule has 1 amide bonds. The number of nitrogens with zero attached hydrogens (tertiary/aromatic N) is 1. The van der Waals surface area contributed by atoms with Crippen molar-refractivity contribution >= 4 is 28.3 Å². The van der Waals surface area contributed by atoms with E-state index in [-0.39, 0.29) is 18.3 Å². The number of carbonyl (C=O) groups is 1. The monoisotopic (exact) mass is 347 g/mol. The van der Waals surface area contributed by atoms with Crippen molar-refractivity contribution in [2.24, 2.45) is 5.92 Å². The molecule has 10 heteroatoms. The van der Waals surface area contributed by atoms with Crippen molar-refractivity contribution in [1.29, 1.82) is 0 Å². The molecule has 0 saturated carbocycles. The summed E-state index contributed by atoms with van der Waals surface area (Å²) in [6.07, 6.45) is 1.33. The third kappa shape index (κ3) is 5.01. The number of hydrogen-bond acceptors (Lipinski definition) is 4. The van der Waals surface area contributed by atoms with Crippen LogP contribution in [0.2, 0.25) is 0 Å². The smallest absolute Gasteiger partial charge is 0.262 e. The Morgan fingerprint density at radius 2 is 2.14 bits per heavy atom. The summed E-state index contributed by atoms with van der Waals surface area (Å²) < 4.78 is 50.0. The van der Waals surface area contributed by atoms with Gasteiger partial charge in [-0.3, -0.25) is 10.1 Å². The Hall–Kier alpha value is -0.510. The number of alkyl halides is 2. The maximum atomic E-state index is 13.0. The van der Waals surface area contributed by atoms with E-state index >= 15 is 0 Å². The first-order valence-corrected chi connectivity index (χ1v) is 8.36. The fourth-order valence-electron chi connectivity index (χ4n) is 2.53. The van der Waals surface area contributed by atoms with Crippen LogP contribution >= 0.6 is 12.4 Å². The molecule has 0 spiro atoms. The molecule has 124 valence electrons. The van der Waals surface area contributed by atoms with Crippen molar-refractivity contribution in [1.82, 2.24) is 14.9 Å². The van der Waals surface area contributed by atoms with Crippen molar-refractivity contribution < 1.29 is 22.0 Å². The molecule has 2 heterocycles. The Kier molecular flexibility index (Phi) is 5.93. The highest BCUT2D eigenvalue weighted by Crippen LogP contribution is 2.25. The molecule has 6 nitrogen and oxygen atoms in total. The van der Waals surface area contributed by atoms with Gasteiger partial charge in [-0.15, -0.1) is 12.4 Å². The highest BCUT2D eigenvalue weighted by molar-refractivity contribution is 7.88. The van der Waals surface area contributed by atoms with Crippen LogP contribution in [0.25, 0.3) is 0 Å². The summed E-state index contributed by atoms with van der Waals surface area (Å²) >= 11 is 0. The largest absolute Gasteiger partial charge is 0.354 e. The van der Waals surface area contributed by atoms with Crippen molar-refractivity contribution in [2.45, 2.75) is 24.8 Å². The molecule has 2 N–H and O–H groups in total. The summed E-state index contributed by atoms with van der Waals surface area (Å²) in [5, 5.41) is 5.11. The predicted molar refractivity (Wildman–Crippen MR) is 76.1 cm³/mol. The highest BCUT2D eigenvalue weighted by atomic mass is 35.5. The Morgan fingerprint density at radius 1 is 1.48 bits per heavy atom. The molecule has 0 aromatic carbocycles. The summed E-state index contributed by atoms with van der Waals surface area (Å²) in [4.78, 5) is 11.7. The average Bonchev–Trinajstić information content (AvgIpc) is 2.91. The summed E-state index contributed by atoms with van der Waals surface area (Å²) in [7, 11) is -3.20. The number of rotatable bonds is 4. The molecule has 2 fully saturated rings. The Morgan fingerprint density at radius 3 is 2.62 bits per heavy atom. The van der Waals surface area contributed by atoms with Crippen LogP contribution in [-0.2, 0) is 14.8 Å². The van der Waals surface area contributed by atoms with Crippen LogP contribution in [0.4, 0.5) is 8.78 Å². The number of carbonyl (C=O) groups excluding carboxylic acids is 1. The lowest BCUT2D eigenvalue weighted by atomic mass is 10.1. The lowest BCUT2D eigenvalue weighted by molar-refractivity contribution is -0.123. The van der Waals surface area contributed by atoms with Crippen molar-refractivity contribution in [2.75, 3.05) is 32.4 Å². The van der Waals surface area contributed by atoms with E-state index in [1.54, 1.807) is 0 Å². The number of sulfonamides is 1. The fraction of sp³-hybridized carbons (Fsp3) is 0.909. The third-order valence-corrected chi connectivity index (χ3v) is 4.98. The molecule has 0 radical (unpaired) electrons. The Labute approximate surface area is 129 Å². The second kappa shape index (κ2) is 6.72. The predicted octanol–water partition coefficient (Wildman–Crippen LogP) is -0.197. The second-order valence-corrected chi connectivity index (χ2v) is 7.50. The number of amides is 1. The molecule has 2 saturated heterocycles. The standard InChI is InChI=1S/C11H19F2N3O3S.ClH/c1-20(18,19)16-3-2-8(6-16)5-14-10(17)9-4-11(12,13)7-15-9;/h8-9,15H,2-7H2,1H3,(H,14,17);1H. The number of halogens is 3. The van der Waals surface area contributed by atoms with E-state index in [0.717, 1.165) is 6.26 Å². The van der Waals surface area contributed by atoms with E-state index in [0.29, 0.717) is 26.1 Å². The van der Waals surface area contributed by atoms with Crippen LogP contribution < -0.4 is 10.6 Å². The first kappa shape index (κ1) is 18.5. The summed E-state index contributed by atoms with van der Waals surface area (Å²) in [6, 6.07) is -0.864. The summed E-state index contributed by atoms with van der Waals surface area (Å²) in [6.45, 7) is 0.650. The van der Waals surface area contributed by atoms with Crippen molar-refractivity contribution in [3.63, 3.8) is 0 Å². The molecule has 2 rings (SSSR count). The molecule has 2 atom stereocenters. The van der Waals surface area contributed by atoms with Gasteiger partial charge in [0.25, 0.3) is 5.92 Å². The molecular formula is C11H20ClF2N3O3S. The van der Waals surface area contributed by atoms with Gasteiger partial charge in [0.1, 0.15) is 0 Å². The van der Waals surface area contributed by atoms with E-state index in [1.807, 2.05) is 0 Å². The van der Waals surface area contributed by atoms with Gasteiger partial charge in [-0.25, -0.2) is 21.5 Å². The Bertz CT molecular complexity index is 489. The zero-order chi connectivity index (χ0) is 15.0. The van der Waals surface area contributed by atoms with Gasteiger partial charge in [0, 0.05) is 26.1 Å². The van der Waals surface area contributed by atoms with Crippen molar-refractivity contribution in [3.8, 4) is 0 Å². The third-order valence-electron chi connectivity index (χ3n) is 3.71. The molecule has 2 aliphatic rings. The molecule has 0 aromatic rings. The van der Waals surface area contributed by atoms with Crippen LogP contribution in [0.1, 0.15) is 12.8 Å². The quantitative estimate of drug-likeness (QED) is 0.738. The first-order valence-electron chi connectivity index (χ1n) is 6.51.